The van der Waals surface area contributed by atoms with E-state index in [9.17, 15) is 15.0 Å². The molecular formula is C22H37NO5. The number of carbonyl (C=O) groups is 1. The van der Waals surface area contributed by atoms with Crippen LogP contribution in [0.15, 0.2) is 12.1 Å². The molecule has 1 aromatic rings. The van der Waals surface area contributed by atoms with Gasteiger partial charge in [0.1, 0.15) is 5.75 Å². The summed E-state index contributed by atoms with van der Waals surface area (Å²) in [6.45, 7) is 7.67. The van der Waals surface area contributed by atoms with Crippen LogP contribution < -0.4 is 4.74 Å². The molecule has 0 bridgehead atoms. The lowest BCUT2D eigenvalue weighted by Crippen LogP contribution is -2.23. The molecule has 0 aliphatic carbocycles. The molecule has 0 radical (unpaired) electrons. The molecule has 0 aromatic heterocycles. The highest BCUT2D eigenvalue weighted by Gasteiger charge is 2.15. The molecule has 0 spiro atoms. The first-order valence-electron chi connectivity index (χ1n) is 10.4. The largest absolute Gasteiger partial charge is 0.496 e. The number of unbranched alkanes of at least 4 members (excludes halogenated alkanes) is 5. The van der Waals surface area contributed by atoms with Crippen molar-refractivity contribution in [3.63, 3.8) is 0 Å². The van der Waals surface area contributed by atoms with Crippen molar-refractivity contribution in [3.05, 3.63) is 28.8 Å². The Morgan fingerprint density at radius 1 is 0.964 bits per heavy atom. The van der Waals surface area contributed by atoms with Crippen LogP contribution in [0.1, 0.15) is 73.9 Å². The van der Waals surface area contributed by atoms with Crippen molar-refractivity contribution in [1.82, 2.24) is 4.90 Å². The van der Waals surface area contributed by atoms with Gasteiger partial charge in [0.2, 0.25) is 0 Å². The van der Waals surface area contributed by atoms with Gasteiger partial charge >= 0.3 is 5.97 Å². The van der Waals surface area contributed by atoms with Crippen LogP contribution in [-0.2, 0) is 18.0 Å². The van der Waals surface area contributed by atoms with Crippen LogP contribution in [0.25, 0.3) is 0 Å². The Hall–Kier alpha value is -1.63. The molecule has 0 fully saturated rings. The van der Waals surface area contributed by atoms with Crippen LogP contribution in [0.5, 0.6) is 5.75 Å². The van der Waals surface area contributed by atoms with E-state index in [4.69, 9.17) is 9.47 Å². The Morgan fingerprint density at radius 2 is 1.61 bits per heavy atom. The number of methoxy groups -OCH3 is 1. The van der Waals surface area contributed by atoms with Gasteiger partial charge in [0, 0.05) is 5.56 Å². The van der Waals surface area contributed by atoms with Gasteiger partial charge in [0.25, 0.3) is 0 Å². The molecule has 0 amide bonds. The topological polar surface area (TPSA) is 79.2 Å². The molecule has 0 heterocycles. The lowest BCUT2D eigenvalue weighted by molar-refractivity contribution is 0.0497. The normalized spacial score (nSPS) is 11.1. The van der Waals surface area contributed by atoms with E-state index in [1.807, 2.05) is 0 Å². The summed E-state index contributed by atoms with van der Waals surface area (Å²) < 4.78 is 10.5. The number of rotatable bonds is 15. The Morgan fingerprint density at radius 3 is 2.18 bits per heavy atom. The number of hydrogen-bond donors (Lipinski definition) is 2. The van der Waals surface area contributed by atoms with E-state index < -0.39 is 5.97 Å². The molecule has 0 aliphatic rings. The Kier molecular flexibility index (Phi) is 12.5. The molecule has 0 unspecified atom stereocenters. The maximum absolute atomic E-state index is 12.2. The monoisotopic (exact) mass is 395 g/mol. The summed E-state index contributed by atoms with van der Waals surface area (Å²) in [6, 6.07) is 3.09. The number of ether oxygens (including phenoxy) is 2. The highest BCUT2D eigenvalue weighted by atomic mass is 16.5. The third-order valence-electron chi connectivity index (χ3n) is 5.08. The zero-order valence-electron chi connectivity index (χ0n) is 17.7. The summed E-state index contributed by atoms with van der Waals surface area (Å²) in [5.41, 5.74) is 1.29. The third-order valence-corrected chi connectivity index (χ3v) is 5.08. The number of hydrogen-bond acceptors (Lipinski definition) is 6. The Bertz CT molecular complexity index is 547. The van der Waals surface area contributed by atoms with Crippen molar-refractivity contribution in [2.24, 2.45) is 0 Å². The van der Waals surface area contributed by atoms with Crippen molar-refractivity contribution in [2.45, 2.75) is 65.6 Å². The summed E-state index contributed by atoms with van der Waals surface area (Å²) in [4.78, 5) is 14.7. The molecule has 0 saturated carbocycles. The van der Waals surface area contributed by atoms with E-state index in [0.29, 0.717) is 29.0 Å². The second kappa shape index (κ2) is 14.4. The van der Waals surface area contributed by atoms with Crippen molar-refractivity contribution in [1.29, 1.82) is 0 Å². The van der Waals surface area contributed by atoms with E-state index in [-0.39, 0.29) is 13.2 Å². The van der Waals surface area contributed by atoms with Gasteiger partial charge in [-0.15, -0.1) is 0 Å². The first-order chi connectivity index (χ1) is 13.6. The second-order valence-electron chi connectivity index (χ2n) is 6.92. The minimum atomic E-state index is -0.434. The van der Waals surface area contributed by atoms with E-state index in [0.717, 1.165) is 32.4 Å². The van der Waals surface area contributed by atoms with Crippen molar-refractivity contribution < 1.29 is 24.5 Å². The molecule has 2 N–H and O–H groups in total. The van der Waals surface area contributed by atoms with Crippen molar-refractivity contribution in [3.8, 4) is 5.75 Å². The van der Waals surface area contributed by atoms with Gasteiger partial charge in [-0.2, -0.15) is 0 Å². The first kappa shape index (κ1) is 24.4. The molecule has 0 atom stereocenters. The van der Waals surface area contributed by atoms with Crippen molar-refractivity contribution in [2.75, 3.05) is 33.4 Å². The van der Waals surface area contributed by atoms with E-state index in [1.54, 1.807) is 12.1 Å². The minimum absolute atomic E-state index is 0.261. The van der Waals surface area contributed by atoms with Gasteiger partial charge in [-0.1, -0.05) is 39.5 Å². The maximum atomic E-state index is 12.2. The zero-order valence-corrected chi connectivity index (χ0v) is 17.7. The second-order valence-corrected chi connectivity index (χ2v) is 6.92. The highest BCUT2D eigenvalue weighted by molar-refractivity contribution is 5.90. The fourth-order valence-corrected chi connectivity index (χ4v) is 3.26. The van der Waals surface area contributed by atoms with Crippen molar-refractivity contribution >= 4 is 5.97 Å². The number of benzene rings is 1. The molecule has 160 valence electrons. The molecular weight excluding hydrogens is 358 g/mol. The van der Waals surface area contributed by atoms with Crippen LogP contribution in [0.2, 0.25) is 0 Å². The van der Waals surface area contributed by atoms with Crippen LogP contribution in [0, 0.1) is 0 Å². The van der Waals surface area contributed by atoms with E-state index in [1.165, 1.54) is 32.9 Å². The lowest BCUT2D eigenvalue weighted by Gasteiger charge is -2.17. The number of nitrogens with zero attached hydrogens (tertiary/aromatic N) is 1. The van der Waals surface area contributed by atoms with Gasteiger partial charge in [0.05, 0.1) is 32.5 Å². The predicted molar refractivity (Wildman–Crippen MR) is 111 cm³/mol. The number of aliphatic hydroxyl groups is 2. The minimum Gasteiger partial charge on any atom is -0.496 e. The highest BCUT2D eigenvalue weighted by Crippen LogP contribution is 2.25. The third kappa shape index (κ3) is 8.17. The zero-order chi connectivity index (χ0) is 20.8. The van der Waals surface area contributed by atoms with Gasteiger partial charge < -0.3 is 24.6 Å². The predicted octanol–water partition coefficient (Wildman–Crippen LogP) is 3.52. The standard InChI is InChI=1S/C22H37NO5/c1-4-23(5-2)12-10-8-6-7-9-11-13-28-22(26)18-14-19(16-24)20(17-25)21(15-18)27-3/h14-15,24-25H,4-13,16-17H2,1-3H3. The smallest absolute Gasteiger partial charge is 0.338 e. The Balaban J connectivity index is 2.28. The number of esters is 1. The fourth-order valence-electron chi connectivity index (χ4n) is 3.26. The molecule has 6 nitrogen and oxygen atoms in total. The van der Waals surface area contributed by atoms with Gasteiger partial charge in [-0.05, 0) is 50.2 Å². The lowest BCUT2D eigenvalue weighted by atomic mass is 10.0. The number of carbonyl (C=O) groups excluding carboxylic acids is 1. The average Bonchev–Trinajstić information content (AvgIpc) is 2.73. The van der Waals surface area contributed by atoms with Gasteiger partial charge in [-0.25, -0.2) is 4.79 Å². The van der Waals surface area contributed by atoms with Crippen LogP contribution in [-0.4, -0.2) is 54.4 Å². The summed E-state index contributed by atoms with van der Waals surface area (Å²) in [7, 11) is 1.47. The summed E-state index contributed by atoms with van der Waals surface area (Å²) in [6.07, 6.45) is 6.76. The summed E-state index contributed by atoms with van der Waals surface area (Å²) in [5, 5.41) is 18.9. The first-order valence-corrected chi connectivity index (χ1v) is 10.4. The summed E-state index contributed by atoms with van der Waals surface area (Å²) in [5.74, 6) is -0.0533. The molecule has 6 heteroatoms. The summed E-state index contributed by atoms with van der Waals surface area (Å²) >= 11 is 0. The molecule has 1 rings (SSSR count). The van der Waals surface area contributed by atoms with Gasteiger partial charge in [0.15, 0.2) is 0 Å². The van der Waals surface area contributed by atoms with Gasteiger partial charge in [-0.3, -0.25) is 0 Å². The van der Waals surface area contributed by atoms with E-state index >= 15 is 0 Å². The quantitative estimate of drug-likeness (QED) is 0.349. The van der Waals surface area contributed by atoms with E-state index in [2.05, 4.69) is 18.7 Å². The molecule has 28 heavy (non-hydrogen) atoms. The maximum Gasteiger partial charge on any atom is 0.338 e. The molecule has 0 aliphatic heterocycles. The molecule has 0 saturated heterocycles. The fraction of sp³-hybridized carbons (Fsp3) is 0.682. The van der Waals surface area contributed by atoms with Crippen LogP contribution in [0.3, 0.4) is 0 Å². The van der Waals surface area contributed by atoms with Crippen LogP contribution >= 0.6 is 0 Å². The molecule has 1 aromatic carbocycles. The number of aliphatic hydroxyl groups excluding tert-OH is 2. The van der Waals surface area contributed by atoms with Crippen LogP contribution in [0.4, 0.5) is 0 Å². The SMILES string of the molecule is CCN(CC)CCCCCCCCOC(=O)c1cc(CO)c(CO)c(OC)c1. The Labute approximate surface area is 169 Å². The average molecular weight is 396 g/mol.